The highest BCUT2D eigenvalue weighted by Crippen LogP contribution is 2.18. The highest BCUT2D eigenvalue weighted by Gasteiger charge is 2.22. The van der Waals surface area contributed by atoms with Crippen molar-refractivity contribution in [1.82, 2.24) is 9.80 Å². The predicted molar refractivity (Wildman–Crippen MR) is 106 cm³/mol. The molecule has 0 saturated carbocycles. The number of carbonyl (C=O) groups is 2. The molecule has 4 nitrogen and oxygen atoms in total. The topological polar surface area (TPSA) is 40.6 Å². The number of rotatable bonds is 6. The van der Waals surface area contributed by atoms with Crippen molar-refractivity contribution in [3.8, 4) is 0 Å². The molecule has 1 amide bonds. The molecule has 0 N–H and O–H groups in total. The van der Waals surface area contributed by atoms with Crippen LogP contribution in [0, 0.1) is 6.92 Å². The number of aryl methyl sites for hydroxylation is 1. The Bertz CT molecular complexity index is 782. The Morgan fingerprint density at radius 1 is 1.08 bits per heavy atom. The van der Waals surface area contributed by atoms with Crippen LogP contribution in [0.3, 0.4) is 0 Å². The summed E-state index contributed by atoms with van der Waals surface area (Å²) in [5.74, 6) is 0.144. The fourth-order valence-electron chi connectivity index (χ4n) is 3.14. The zero-order valence-electron chi connectivity index (χ0n) is 14.9. The number of hydrogen-bond donors (Lipinski definition) is 0. The van der Waals surface area contributed by atoms with Gasteiger partial charge in [0.15, 0.2) is 5.78 Å². The van der Waals surface area contributed by atoms with E-state index in [4.69, 9.17) is 11.6 Å². The number of thiophene rings is 1. The summed E-state index contributed by atoms with van der Waals surface area (Å²) in [6, 6.07) is 11.7. The quantitative estimate of drug-likeness (QED) is 0.699. The number of nitrogens with zero attached hydrogens (tertiary/aromatic N) is 2. The molecule has 2 aromatic rings. The first-order valence-electron chi connectivity index (χ1n) is 8.85. The van der Waals surface area contributed by atoms with E-state index in [1.54, 1.807) is 0 Å². The van der Waals surface area contributed by atoms with Gasteiger partial charge in [-0.15, -0.1) is 11.3 Å². The molecule has 0 radical (unpaired) electrons. The van der Waals surface area contributed by atoms with Crippen molar-refractivity contribution in [2.45, 2.75) is 26.3 Å². The van der Waals surface area contributed by atoms with Gasteiger partial charge in [-0.1, -0.05) is 23.7 Å². The van der Waals surface area contributed by atoms with E-state index in [0.717, 1.165) is 34.4 Å². The number of halogens is 1. The maximum Gasteiger partial charge on any atom is 0.223 e. The standard InChI is InChI=1S/C20H23ClN2O2S/c1-15-5-7-19(26-15)18(24)6-8-20(25)23-11-9-22(10-12-23)14-16-3-2-4-17(21)13-16/h2-5,7,13H,6,8-12,14H2,1H3. The van der Waals surface area contributed by atoms with Gasteiger partial charge in [0.25, 0.3) is 0 Å². The van der Waals surface area contributed by atoms with Crippen molar-refractivity contribution in [3.05, 3.63) is 56.7 Å². The molecule has 0 aliphatic carbocycles. The number of Topliss-reactive ketones (excluding diaryl/α,β-unsaturated/α-hetero) is 1. The van der Waals surface area contributed by atoms with Gasteiger partial charge in [-0.3, -0.25) is 14.5 Å². The van der Waals surface area contributed by atoms with E-state index in [0.29, 0.717) is 25.9 Å². The Labute approximate surface area is 163 Å². The molecular formula is C20H23ClN2O2S. The van der Waals surface area contributed by atoms with Crippen molar-refractivity contribution in [1.29, 1.82) is 0 Å². The van der Waals surface area contributed by atoms with Crippen molar-refractivity contribution >= 4 is 34.6 Å². The van der Waals surface area contributed by atoms with Gasteiger partial charge < -0.3 is 4.90 Å². The first kappa shape index (κ1) is 19.1. The van der Waals surface area contributed by atoms with E-state index >= 15 is 0 Å². The van der Waals surface area contributed by atoms with E-state index < -0.39 is 0 Å². The van der Waals surface area contributed by atoms with Gasteiger partial charge in [-0.2, -0.15) is 0 Å². The van der Waals surface area contributed by atoms with Crippen molar-refractivity contribution in [2.24, 2.45) is 0 Å². The maximum atomic E-state index is 12.4. The minimum absolute atomic E-state index is 0.0658. The van der Waals surface area contributed by atoms with Crippen molar-refractivity contribution in [2.75, 3.05) is 26.2 Å². The third-order valence-corrected chi connectivity index (χ3v) is 5.88. The SMILES string of the molecule is Cc1ccc(C(=O)CCC(=O)N2CCN(Cc3cccc(Cl)c3)CC2)s1. The molecule has 0 spiro atoms. The largest absolute Gasteiger partial charge is 0.340 e. The van der Waals surface area contributed by atoms with E-state index in [1.165, 1.54) is 16.9 Å². The molecule has 1 aliphatic rings. The maximum absolute atomic E-state index is 12.4. The summed E-state index contributed by atoms with van der Waals surface area (Å²) >= 11 is 7.53. The second-order valence-corrected chi connectivity index (χ2v) is 8.34. The van der Waals surface area contributed by atoms with Crippen molar-refractivity contribution in [3.63, 3.8) is 0 Å². The van der Waals surface area contributed by atoms with E-state index in [1.807, 2.05) is 42.2 Å². The number of hydrogen-bond acceptors (Lipinski definition) is 4. The Kier molecular flexibility index (Phi) is 6.46. The molecule has 1 aliphatic heterocycles. The summed E-state index contributed by atoms with van der Waals surface area (Å²) < 4.78 is 0. The lowest BCUT2D eigenvalue weighted by molar-refractivity contribution is -0.132. The van der Waals surface area contributed by atoms with Crippen LogP contribution in [-0.4, -0.2) is 47.7 Å². The average molecular weight is 391 g/mol. The zero-order valence-corrected chi connectivity index (χ0v) is 16.5. The smallest absolute Gasteiger partial charge is 0.223 e. The molecule has 0 unspecified atom stereocenters. The molecule has 6 heteroatoms. The van der Waals surface area contributed by atoms with Crippen LogP contribution in [0.5, 0.6) is 0 Å². The third-order valence-electron chi connectivity index (χ3n) is 4.60. The summed E-state index contributed by atoms with van der Waals surface area (Å²) in [6.45, 7) is 5.94. The highest BCUT2D eigenvalue weighted by molar-refractivity contribution is 7.14. The molecule has 1 aromatic heterocycles. The van der Waals surface area contributed by atoms with Crippen molar-refractivity contribution < 1.29 is 9.59 Å². The zero-order chi connectivity index (χ0) is 18.5. The first-order chi connectivity index (χ1) is 12.5. The van der Waals surface area contributed by atoms with Gasteiger partial charge in [0.1, 0.15) is 0 Å². The minimum atomic E-state index is 0.0658. The number of piperazine rings is 1. The summed E-state index contributed by atoms with van der Waals surface area (Å²) in [6.07, 6.45) is 0.589. The van der Waals surface area contributed by atoms with Gasteiger partial charge >= 0.3 is 0 Å². The predicted octanol–water partition coefficient (Wildman–Crippen LogP) is 4.02. The molecule has 1 aromatic carbocycles. The molecule has 3 rings (SSSR count). The van der Waals surface area contributed by atoms with Gasteiger partial charge in [-0.25, -0.2) is 0 Å². The number of ketones is 1. The third kappa shape index (κ3) is 5.16. The van der Waals surface area contributed by atoms with Crippen LogP contribution in [0.2, 0.25) is 5.02 Å². The fraction of sp³-hybridized carbons (Fsp3) is 0.400. The molecule has 0 bridgehead atoms. The summed E-state index contributed by atoms with van der Waals surface area (Å²) in [5.41, 5.74) is 1.19. The first-order valence-corrected chi connectivity index (χ1v) is 10.0. The van der Waals surface area contributed by atoms with Gasteiger partial charge in [-0.05, 0) is 36.8 Å². The van der Waals surface area contributed by atoms with Gasteiger partial charge in [0.05, 0.1) is 4.88 Å². The van der Waals surface area contributed by atoms with Crippen LogP contribution in [-0.2, 0) is 11.3 Å². The highest BCUT2D eigenvalue weighted by atomic mass is 35.5. The number of amides is 1. The molecule has 26 heavy (non-hydrogen) atoms. The lowest BCUT2D eigenvalue weighted by Gasteiger charge is -2.34. The van der Waals surface area contributed by atoms with Crippen LogP contribution in [0.1, 0.15) is 33.0 Å². The van der Waals surface area contributed by atoms with Crippen LogP contribution in [0.4, 0.5) is 0 Å². The second-order valence-electron chi connectivity index (χ2n) is 6.62. The molecule has 1 fully saturated rings. The molecule has 2 heterocycles. The minimum Gasteiger partial charge on any atom is -0.340 e. The van der Waals surface area contributed by atoms with E-state index in [9.17, 15) is 9.59 Å². The van der Waals surface area contributed by atoms with E-state index in [2.05, 4.69) is 11.0 Å². The summed E-state index contributed by atoms with van der Waals surface area (Å²) in [5, 5.41) is 0.752. The van der Waals surface area contributed by atoms with Crippen LogP contribution in [0.15, 0.2) is 36.4 Å². The molecule has 138 valence electrons. The van der Waals surface area contributed by atoms with Crippen LogP contribution in [0.25, 0.3) is 0 Å². The normalized spacial score (nSPS) is 15.2. The summed E-state index contributed by atoms with van der Waals surface area (Å²) in [7, 11) is 0. The summed E-state index contributed by atoms with van der Waals surface area (Å²) in [4.78, 5) is 30.6. The average Bonchev–Trinajstić information content (AvgIpc) is 3.06. The Balaban J connectivity index is 1.42. The second kappa shape index (κ2) is 8.80. The Morgan fingerprint density at radius 3 is 2.50 bits per heavy atom. The number of benzene rings is 1. The van der Waals surface area contributed by atoms with Crippen LogP contribution >= 0.6 is 22.9 Å². The van der Waals surface area contributed by atoms with E-state index in [-0.39, 0.29) is 11.7 Å². The Hall–Kier alpha value is -1.69. The molecule has 0 atom stereocenters. The van der Waals surface area contributed by atoms with Gasteiger partial charge in [0, 0.05) is 55.5 Å². The number of carbonyl (C=O) groups excluding carboxylic acids is 2. The lowest BCUT2D eigenvalue weighted by Crippen LogP contribution is -2.48. The van der Waals surface area contributed by atoms with Crippen LogP contribution < -0.4 is 0 Å². The monoisotopic (exact) mass is 390 g/mol. The molecular weight excluding hydrogens is 368 g/mol. The van der Waals surface area contributed by atoms with Gasteiger partial charge in [0.2, 0.25) is 5.91 Å². The Morgan fingerprint density at radius 2 is 1.85 bits per heavy atom. The molecule has 1 saturated heterocycles. The lowest BCUT2D eigenvalue weighted by atomic mass is 10.1. The fourth-order valence-corrected chi connectivity index (χ4v) is 4.18.